The van der Waals surface area contributed by atoms with Gasteiger partial charge in [-0.05, 0) is 12.8 Å². The van der Waals surface area contributed by atoms with Crippen LogP contribution in [0.25, 0.3) is 0 Å². The van der Waals surface area contributed by atoms with Crippen LogP contribution in [0.1, 0.15) is 19.8 Å². The molecule has 4 nitrogen and oxygen atoms in total. The van der Waals surface area contributed by atoms with Crippen molar-refractivity contribution in [2.45, 2.75) is 25.9 Å². The Bertz CT molecular complexity index is 174. The highest BCUT2D eigenvalue weighted by molar-refractivity contribution is 5.69. The Balaban J connectivity index is 2.30. The average Bonchev–Trinajstić information content (AvgIpc) is 2.55. The third kappa shape index (κ3) is 2.97. The number of aliphatic hydroxyl groups is 1. The molecule has 0 bridgehead atoms. The standard InChI is InChI=1S/C9H16O4/c1-6(9(11)12)4-8(10)7-2-3-13-5-7/h6-8,10H,2-5H2,1H3,(H,11,12). The molecule has 1 rings (SSSR count). The van der Waals surface area contributed by atoms with Gasteiger partial charge in [0.15, 0.2) is 0 Å². The lowest BCUT2D eigenvalue weighted by atomic mass is 9.93. The van der Waals surface area contributed by atoms with Crippen molar-refractivity contribution in [3.05, 3.63) is 0 Å². The van der Waals surface area contributed by atoms with E-state index in [4.69, 9.17) is 9.84 Å². The summed E-state index contributed by atoms with van der Waals surface area (Å²) in [5.41, 5.74) is 0. The van der Waals surface area contributed by atoms with Crippen molar-refractivity contribution < 1.29 is 19.7 Å². The van der Waals surface area contributed by atoms with Gasteiger partial charge in [0, 0.05) is 12.5 Å². The maximum atomic E-state index is 10.5. The highest BCUT2D eigenvalue weighted by atomic mass is 16.5. The fourth-order valence-electron chi connectivity index (χ4n) is 1.51. The van der Waals surface area contributed by atoms with Crippen LogP contribution in [0.15, 0.2) is 0 Å². The normalized spacial score (nSPS) is 27.1. The molecule has 0 aromatic carbocycles. The highest BCUT2D eigenvalue weighted by Gasteiger charge is 2.26. The van der Waals surface area contributed by atoms with Crippen molar-refractivity contribution in [1.29, 1.82) is 0 Å². The number of carboxylic acid groups (broad SMARTS) is 1. The van der Waals surface area contributed by atoms with Crippen LogP contribution in [0, 0.1) is 11.8 Å². The summed E-state index contributed by atoms with van der Waals surface area (Å²) in [6.07, 6.45) is 0.630. The van der Waals surface area contributed by atoms with Crippen LogP contribution in [0.5, 0.6) is 0 Å². The highest BCUT2D eigenvalue weighted by Crippen LogP contribution is 2.21. The zero-order valence-corrected chi connectivity index (χ0v) is 7.77. The van der Waals surface area contributed by atoms with E-state index in [0.717, 1.165) is 6.42 Å². The summed E-state index contributed by atoms with van der Waals surface area (Å²) in [7, 11) is 0. The third-order valence-corrected chi connectivity index (χ3v) is 2.53. The summed E-state index contributed by atoms with van der Waals surface area (Å²) in [6.45, 7) is 2.86. The molecule has 0 aromatic heterocycles. The minimum atomic E-state index is -0.849. The van der Waals surface area contributed by atoms with Gasteiger partial charge in [-0.15, -0.1) is 0 Å². The number of ether oxygens (including phenoxy) is 1. The molecule has 3 unspecified atom stereocenters. The van der Waals surface area contributed by atoms with Crippen molar-refractivity contribution >= 4 is 5.97 Å². The summed E-state index contributed by atoms with van der Waals surface area (Å²) >= 11 is 0. The van der Waals surface area contributed by atoms with Crippen molar-refractivity contribution in [3.63, 3.8) is 0 Å². The zero-order valence-electron chi connectivity index (χ0n) is 7.77. The molecule has 0 saturated carbocycles. The fraction of sp³-hybridized carbons (Fsp3) is 0.889. The van der Waals surface area contributed by atoms with Crippen LogP contribution in [0.4, 0.5) is 0 Å². The van der Waals surface area contributed by atoms with E-state index in [9.17, 15) is 9.90 Å². The van der Waals surface area contributed by atoms with E-state index in [1.54, 1.807) is 6.92 Å². The Morgan fingerprint density at radius 1 is 1.69 bits per heavy atom. The monoisotopic (exact) mass is 188 g/mol. The molecule has 2 N–H and O–H groups in total. The van der Waals surface area contributed by atoms with Crippen molar-refractivity contribution in [3.8, 4) is 0 Å². The molecular weight excluding hydrogens is 172 g/mol. The molecule has 13 heavy (non-hydrogen) atoms. The predicted molar refractivity (Wildman–Crippen MR) is 46.3 cm³/mol. The molecule has 1 heterocycles. The summed E-state index contributed by atoms with van der Waals surface area (Å²) < 4.78 is 5.11. The minimum Gasteiger partial charge on any atom is -0.481 e. The van der Waals surface area contributed by atoms with Gasteiger partial charge in [0.25, 0.3) is 0 Å². The van der Waals surface area contributed by atoms with Gasteiger partial charge in [-0.2, -0.15) is 0 Å². The number of hydrogen-bond acceptors (Lipinski definition) is 3. The average molecular weight is 188 g/mol. The van der Waals surface area contributed by atoms with Gasteiger partial charge in [-0.3, -0.25) is 4.79 Å². The predicted octanol–water partition coefficient (Wildman–Crippen LogP) is 0.495. The molecule has 1 aliphatic rings. The Hall–Kier alpha value is -0.610. The van der Waals surface area contributed by atoms with Crippen LogP contribution in [-0.2, 0) is 9.53 Å². The van der Waals surface area contributed by atoms with Crippen LogP contribution in [0.2, 0.25) is 0 Å². The number of rotatable bonds is 4. The lowest BCUT2D eigenvalue weighted by molar-refractivity contribution is -0.142. The first-order valence-corrected chi connectivity index (χ1v) is 4.60. The quantitative estimate of drug-likeness (QED) is 0.674. The number of hydrogen-bond donors (Lipinski definition) is 2. The second kappa shape index (κ2) is 4.58. The molecule has 3 atom stereocenters. The van der Waals surface area contributed by atoms with Gasteiger partial charge in [0.05, 0.1) is 18.6 Å². The van der Waals surface area contributed by atoms with E-state index in [1.807, 2.05) is 0 Å². The molecule has 0 radical (unpaired) electrons. The number of aliphatic hydroxyl groups excluding tert-OH is 1. The molecule has 0 aromatic rings. The van der Waals surface area contributed by atoms with E-state index >= 15 is 0 Å². The molecule has 4 heteroatoms. The van der Waals surface area contributed by atoms with E-state index < -0.39 is 18.0 Å². The van der Waals surface area contributed by atoms with Crippen molar-refractivity contribution in [2.75, 3.05) is 13.2 Å². The van der Waals surface area contributed by atoms with Crippen LogP contribution in [-0.4, -0.2) is 35.5 Å². The second-order valence-electron chi connectivity index (χ2n) is 3.67. The molecule has 1 saturated heterocycles. The number of aliphatic carboxylic acids is 1. The first-order chi connectivity index (χ1) is 6.11. The minimum absolute atomic E-state index is 0.127. The third-order valence-electron chi connectivity index (χ3n) is 2.53. The smallest absolute Gasteiger partial charge is 0.306 e. The van der Waals surface area contributed by atoms with E-state index in [1.165, 1.54) is 0 Å². The summed E-state index contributed by atoms with van der Waals surface area (Å²) in [5.74, 6) is -1.20. The molecule has 0 aliphatic carbocycles. The first kappa shape index (κ1) is 10.5. The molecule has 0 amide bonds. The molecule has 1 fully saturated rings. The lowest BCUT2D eigenvalue weighted by Gasteiger charge is -2.18. The number of carboxylic acids is 1. The van der Waals surface area contributed by atoms with Gasteiger partial charge >= 0.3 is 5.97 Å². The van der Waals surface area contributed by atoms with Crippen LogP contribution >= 0.6 is 0 Å². The molecular formula is C9H16O4. The SMILES string of the molecule is CC(CC(O)C1CCOC1)C(=O)O. The molecule has 76 valence electrons. The second-order valence-corrected chi connectivity index (χ2v) is 3.67. The Morgan fingerprint density at radius 2 is 2.38 bits per heavy atom. The summed E-state index contributed by atoms with van der Waals surface area (Å²) in [6, 6.07) is 0. The maximum absolute atomic E-state index is 10.5. The lowest BCUT2D eigenvalue weighted by Crippen LogP contribution is -2.25. The molecule has 0 spiro atoms. The van der Waals surface area contributed by atoms with Gasteiger partial charge in [-0.25, -0.2) is 0 Å². The molecule has 1 aliphatic heterocycles. The number of carbonyl (C=O) groups is 1. The fourth-order valence-corrected chi connectivity index (χ4v) is 1.51. The van der Waals surface area contributed by atoms with Gasteiger partial charge in [0.2, 0.25) is 0 Å². The van der Waals surface area contributed by atoms with Gasteiger partial charge in [-0.1, -0.05) is 6.92 Å². The van der Waals surface area contributed by atoms with E-state index in [-0.39, 0.29) is 5.92 Å². The zero-order chi connectivity index (χ0) is 9.84. The van der Waals surface area contributed by atoms with Gasteiger partial charge < -0.3 is 14.9 Å². The van der Waals surface area contributed by atoms with Gasteiger partial charge in [0.1, 0.15) is 0 Å². The summed E-state index contributed by atoms with van der Waals surface area (Å²) in [5, 5.41) is 18.3. The van der Waals surface area contributed by atoms with Crippen molar-refractivity contribution in [1.82, 2.24) is 0 Å². The first-order valence-electron chi connectivity index (χ1n) is 4.60. The van der Waals surface area contributed by atoms with Crippen LogP contribution < -0.4 is 0 Å². The van der Waals surface area contributed by atoms with E-state index in [2.05, 4.69) is 0 Å². The van der Waals surface area contributed by atoms with Crippen molar-refractivity contribution in [2.24, 2.45) is 11.8 Å². The maximum Gasteiger partial charge on any atom is 0.306 e. The Labute approximate surface area is 77.5 Å². The van der Waals surface area contributed by atoms with Crippen LogP contribution in [0.3, 0.4) is 0 Å². The summed E-state index contributed by atoms with van der Waals surface area (Å²) in [4.78, 5) is 10.5. The Morgan fingerprint density at radius 3 is 2.85 bits per heavy atom. The van der Waals surface area contributed by atoms with E-state index in [0.29, 0.717) is 19.6 Å². The topological polar surface area (TPSA) is 66.8 Å². The largest absolute Gasteiger partial charge is 0.481 e. The Kier molecular flexibility index (Phi) is 3.69.